The smallest absolute Gasteiger partial charge is 0.305 e. The van der Waals surface area contributed by atoms with Crippen molar-refractivity contribution in [3.05, 3.63) is 46.7 Å². The van der Waals surface area contributed by atoms with E-state index in [1.54, 1.807) is 28.9 Å². The van der Waals surface area contributed by atoms with E-state index in [4.69, 9.17) is 11.6 Å². The molecule has 0 aliphatic rings. The fourth-order valence-electron chi connectivity index (χ4n) is 2.59. The molecule has 7 heteroatoms. The molecule has 1 heterocycles. The first-order valence-electron chi connectivity index (χ1n) is 8.13. The fourth-order valence-corrected chi connectivity index (χ4v) is 2.78. The Morgan fingerprint density at radius 3 is 2.76 bits per heavy atom. The molecule has 1 aromatic carbocycles. The van der Waals surface area contributed by atoms with E-state index in [2.05, 4.69) is 9.84 Å². The van der Waals surface area contributed by atoms with Gasteiger partial charge in [-0.2, -0.15) is 5.10 Å². The standard InChI is InChI=1S/C18H22ClN3O3/c1-4-16-15(18(24)21(2)10-6-9-17(23)25-3)12-20-22(16)14-8-5-7-13(19)11-14/h5,7-8,11-12H,4,6,9-10H2,1-3H3. The van der Waals surface area contributed by atoms with Gasteiger partial charge in [-0.1, -0.05) is 24.6 Å². The molecule has 1 amide bonds. The van der Waals surface area contributed by atoms with E-state index in [-0.39, 0.29) is 18.3 Å². The Hall–Kier alpha value is -2.34. The third-order valence-corrected chi connectivity index (χ3v) is 4.17. The summed E-state index contributed by atoms with van der Waals surface area (Å²) in [7, 11) is 3.07. The summed E-state index contributed by atoms with van der Waals surface area (Å²) in [4.78, 5) is 25.5. The van der Waals surface area contributed by atoms with Gasteiger partial charge in [0.25, 0.3) is 5.91 Å². The lowest BCUT2D eigenvalue weighted by atomic mass is 10.1. The van der Waals surface area contributed by atoms with Crippen molar-refractivity contribution in [2.45, 2.75) is 26.2 Å². The zero-order valence-corrected chi connectivity index (χ0v) is 15.4. The van der Waals surface area contributed by atoms with Crippen LogP contribution in [0.25, 0.3) is 5.69 Å². The molecule has 0 aliphatic heterocycles. The second-order valence-corrected chi connectivity index (χ2v) is 6.09. The molecule has 6 nitrogen and oxygen atoms in total. The van der Waals surface area contributed by atoms with Gasteiger partial charge in [-0.05, 0) is 31.0 Å². The highest BCUT2D eigenvalue weighted by Crippen LogP contribution is 2.20. The van der Waals surface area contributed by atoms with Crippen molar-refractivity contribution in [1.82, 2.24) is 14.7 Å². The van der Waals surface area contributed by atoms with E-state index in [1.165, 1.54) is 7.11 Å². The molecule has 0 bridgehead atoms. The maximum absolute atomic E-state index is 12.7. The number of benzene rings is 1. The van der Waals surface area contributed by atoms with Crippen LogP contribution in [-0.2, 0) is 16.0 Å². The molecule has 0 saturated carbocycles. The van der Waals surface area contributed by atoms with Crippen LogP contribution in [-0.4, -0.2) is 47.3 Å². The lowest BCUT2D eigenvalue weighted by Crippen LogP contribution is -2.28. The highest BCUT2D eigenvalue weighted by atomic mass is 35.5. The van der Waals surface area contributed by atoms with Crippen molar-refractivity contribution in [1.29, 1.82) is 0 Å². The number of nitrogens with zero attached hydrogens (tertiary/aromatic N) is 3. The summed E-state index contributed by atoms with van der Waals surface area (Å²) in [6.07, 6.45) is 3.08. The van der Waals surface area contributed by atoms with Gasteiger partial charge >= 0.3 is 5.97 Å². The number of hydrogen-bond donors (Lipinski definition) is 0. The highest BCUT2D eigenvalue weighted by molar-refractivity contribution is 6.30. The normalized spacial score (nSPS) is 10.6. The van der Waals surface area contributed by atoms with Crippen LogP contribution in [0.5, 0.6) is 0 Å². The molecule has 2 rings (SSSR count). The topological polar surface area (TPSA) is 64.4 Å². The molecule has 0 N–H and O–H groups in total. The SMILES string of the molecule is CCc1c(C(=O)N(C)CCCC(=O)OC)cnn1-c1cccc(Cl)c1. The quantitative estimate of drug-likeness (QED) is 0.709. The van der Waals surface area contributed by atoms with Crippen molar-refractivity contribution in [2.24, 2.45) is 0 Å². The molecule has 0 radical (unpaired) electrons. The maximum Gasteiger partial charge on any atom is 0.305 e. The summed E-state index contributed by atoms with van der Waals surface area (Å²) in [5, 5.41) is 4.97. The first kappa shape index (κ1) is 19.0. The summed E-state index contributed by atoms with van der Waals surface area (Å²) in [5.74, 6) is -0.390. The Kier molecular flexibility index (Phi) is 6.58. The Morgan fingerprint density at radius 2 is 2.12 bits per heavy atom. The lowest BCUT2D eigenvalue weighted by Gasteiger charge is -2.17. The molecule has 0 saturated heterocycles. The van der Waals surface area contributed by atoms with Crippen molar-refractivity contribution in [3.8, 4) is 5.69 Å². The number of hydrogen-bond acceptors (Lipinski definition) is 4. The monoisotopic (exact) mass is 363 g/mol. The molecule has 0 spiro atoms. The summed E-state index contributed by atoms with van der Waals surface area (Å²) in [6.45, 7) is 2.45. The zero-order valence-electron chi connectivity index (χ0n) is 14.7. The largest absolute Gasteiger partial charge is 0.469 e. The van der Waals surface area contributed by atoms with Gasteiger partial charge in [-0.25, -0.2) is 4.68 Å². The second kappa shape index (κ2) is 8.67. The predicted molar refractivity (Wildman–Crippen MR) is 96.2 cm³/mol. The number of esters is 1. The Morgan fingerprint density at radius 1 is 1.36 bits per heavy atom. The molecular formula is C18H22ClN3O3. The minimum absolute atomic E-state index is 0.116. The second-order valence-electron chi connectivity index (χ2n) is 5.66. The number of ether oxygens (including phenoxy) is 1. The van der Waals surface area contributed by atoms with Gasteiger partial charge in [0, 0.05) is 25.0 Å². The Balaban J connectivity index is 2.16. The first-order valence-corrected chi connectivity index (χ1v) is 8.50. The Labute approximate surface area is 152 Å². The fraction of sp³-hybridized carbons (Fsp3) is 0.389. The van der Waals surface area contributed by atoms with E-state index in [0.717, 1.165) is 11.4 Å². The number of methoxy groups -OCH3 is 1. The van der Waals surface area contributed by atoms with Crippen LogP contribution >= 0.6 is 11.6 Å². The third-order valence-electron chi connectivity index (χ3n) is 3.94. The van der Waals surface area contributed by atoms with E-state index in [0.29, 0.717) is 30.0 Å². The molecule has 1 aromatic heterocycles. The van der Waals surface area contributed by atoms with Crippen LogP contribution in [0, 0.1) is 0 Å². The van der Waals surface area contributed by atoms with Crippen LogP contribution in [0.3, 0.4) is 0 Å². The summed E-state index contributed by atoms with van der Waals surface area (Å²) < 4.78 is 6.35. The summed E-state index contributed by atoms with van der Waals surface area (Å²) in [6, 6.07) is 7.34. The number of carbonyl (C=O) groups excluding carboxylic acids is 2. The van der Waals surface area contributed by atoms with E-state index in [9.17, 15) is 9.59 Å². The van der Waals surface area contributed by atoms with Crippen molar-refractivity contribution in [2.75, 3.05) is 20.7 Å². The molecule has 25 heavy (non-hydrogen) atoms. The molecular weight excluding hydrogens is 342 g/mol. The molecule has 0 atom stereocenters. The predicted octanol–water partition coefficient (Wildman–Crippen LogP) is 3.11. The molecule has 0 unspecified atom stereocenters. The highest BCUT2D eigenvalue weighted by Gasteiger charge is 2.20. The average Bonchev–Trinajstić information content (AvgIpc) is 3.04. The average molecular weight is 364 g/mol. The minimum atomic E-state index is -0.274. The van der Waals surface area contributed by atoms with Gasteiger partial charge in [-0.15, -0.1) is 0 Å². The van der Waals surface area contributed by atoms with E-state index in [1.807, 2.05) is 25.1 Å². The number of aromatic nitrogens is 2. The summed E-state index contributed by atoms with van der Waals surface area (Å²) >= 11 is 6.05. The number of carbonyl (C=O) groups is 2. The number of halogens is 1. The molecule has 2 aromatic rings. The van der Waals surface area contributed by atoms with E-state index < -0.39 is 0 Å². The van der Waals surface area contributed by atoms with Crippen LogP contribution in [0.4, 0.5) is 0 Å². The first-order chi connectivity index (χ1) is 12.0. The van der Waals surface area contributed by atoms with Gasteiger partial charge in [0.05, 0.1) is 30.3 Å². The maximum atomic E-state index is 12.7. The van der Waals surface area contributed by atoms with Gasteiger partial charge in [0.2, 0.25) is 0 Å². The molecule has 134 valence electrons. The van der Waals surface area contributed by atoms with E-state index >= 15 is 0 Å². The van der Waals surface area contributed by atoms with Gasteiger partial charge in [0.15, 0.2) is 0 Å². The number of amides is 1. The van der Waals surface area contributed by atoms with Gasteiger partial charge in [0.1, 0.15) is 0 Å². The van der Waals surface area contributed by atoms with Crippen LogP contribution < -0.4 is 0 Å². The summed E-state index contributed by atoms with van der Waals surface area (Å²) in [5.41, 5.74) is 2.20. The lowest BCUT2D eigenvalue weighted by molar-refractivity contribution is -0.140. The third kappa shape index (κ3) is 4.60. The zero-order chi connectivity index (χ0) is 18.4. The molecule has 0 fully saturated rings. The van der Waals surface area contributed by atoms with Gasteiger partial charge in [-0.3, -0.25) is 9.59 Å². The number of rotatable bonds is 7. The van der Waals surface area contributed by atoms with Crippen molar-refractivity contribution >= 4 is 23.5 Å². The minimum Gasteiger partial charge on any atom is -0.469 e. The Bertz CT molecular complexity index is 758. The van der Waals surface area contributed by atoms with Gasteiger partial charge < -0.3 is 9.64 Å². The van der Waals surface area contributed by atoms with Crippen LogP contribution in [0.15, 0.2) is 30.5 Å². The van der Waals surface area contributed by atoms with Crippen molar-refractivity contribution in [3.63, 3.8) is 0 Å². The molecule has 0 aliphatic carbocycles. The van der Waals surface area contributed by atoms with Crippen molar-refractivity contribution < 1.29 is 14.3 Å². The van der Waals surface area contributed by atoms with Crippen LogP contribution in [0.2, 0.25) is 5.02 Å². The van der Waals surface area contributed by atoms with Crippen LogP contribution in [0.1, 0.15) is 35.8 Å².